The Morgan fingerprint density at radius 1 is 1.60 bits per heavy atom. The van der Waals surface area contributed by atoms with Crippen LogP contribution in [0.15, 0.2) is 6.20 Å². The minimum Gasteiger partial charge on any atom is -0.481 e. The maximum Gasteiger partial charge on any atom is 0.313 e. The van der Waals surface area contributed by atoms with Gasteiger partial charge in [0.15, 0.2) is 5.69 Å². The Balaban J connectivity index is 2.10. The molecule has 82 valence electrons. The van der Waals surface area contributed by atoms with E-state index in [0.717, 1.165) is 11.7 Å². The SMILES string of the molecule is O=C(O)CSCCNC(=O)c1cnsn1. The molecular weight excluding hydrogens is 238 g/mol. The molecule has 0 saturated carbocycles. The smallest absolute Gasteiger partial charge is 0.313 e. The quantitative estimate of drug-likeness (QED) is 0.692. The van der Waals surface area contributed by atoms with Crippen molar-refractivity contribution in [1.82, 2.24) is 14.1 Å². The Hall–Kier alpha value is -1.15. The van der Waals surface area contributed by atoms with Crippen molar-refractivity contribution in [2.45, 2.75) is 0 Å². The summed E-state index contributed by atoms with van der Waals surface area (Å²) in [6, 6.07) is 0. The van der Waals surface area contributed by atoms with Crippen LogP contribution >= 0.6 is 23.5 Å². The fourth-order valence-electron chi connectivity index (χ4n) is 0.751. The summed E-state index contributed by atoms with van der Waals surface area (Å²) in [6.07, 6.45) is 1.39. The third-order valence-electron chi connectivity index (χ3n) is 1.35. The molecule has 1 aromatic rings. The van der Waals surface area contributed by atoms with Crippen LogP contribution in [0.1, 0.15) is 10.5 Å². The van der Waals surface area contributed by atoms with Gasteiger partial charge in [-0.25, -0.2) is 0 Å². The number of aliphatic carboxylic acids is 1. The molecule has 0 bridgehead atoms. The van der Waals surface area contributed by atoms with Crippen molar-refractivity contribution in [3.63, 3.8) is 0 Å². The lowest BCUT2D eigenvalue weighted by atomic mass is 10.4. The minimum absolute atomic E-state index is 0.0497. The van der Waals surface area contributed by atoms with Crippen molar-refractivity contribution in [2.75, 3.05) is 18.1 Å². The first-order valence-electron chi connectivity index (χ1n) is 4.05. The maximum atomic E-state index is 11.3. The second-order valence-electron chi connectivity index (χ2n) is 2.49. The van der Waals surface area contributed by atoms with E-state index in [2.05, 4.69) is 14.1 Å². The van der Waals surface area contributed by atoms with E-state index in [4.69, 9.17) is 5.11 Å². The Labute approximate surface area is 94.4 Å². The van der Waals surface area contributed by atoms with Gasteiger partial charge in [-0.15, -0.1) is 11.8 Å². The summed E-state index contributed by atoms with van der Waals surface area (Å²) >= 11 is 2.22. The number of rotatable bonds is 6. The van der Waals surface area contributed by atoms with Crippen LogP contribution in [0.4, 0.5) is 0 Å². The van der Waals surface area contributed by atoms with E-state index >= 15 is 0 Å². The molecule has 6 nitrogen and oxygen atoms in total. The highest BCUT2D eigenvalue weighted by Gasteiger charge is 2.07. The van der Waals surface area contributed by atoms with Crippen LogP contribution in [-0.2, 0) is 4.79 Å². The molecule has 0 spiro atoms. The first-order valence-corrected chi connectivity index (χ1v) is 5.94. The van der Waals surface area contributed by atoms with E-state index in [-0.39, 0.29) is 11.7 Å². The Morgan fingerprint density at radius 3 is 3.00 bits per heavy atom. The van der Waals surface area contributed by atoms with Gasteiger partial charge in [0.2, 0.25) is 0 Å². The lowest BCUT2D eigenvalue weighted by molar-refractivity contribution is -0.133. The number of amides is 1. The third kappa shape index (κ3) is 4.75. The summed E-state index contributed by atoms with van der Waals surface area (Å²) in [4.78, 5) is 21.4. The highest BCUT2D eigenvalue weighted by atomic mass is 32.2. The molecule has 2 N–H and O–H groups in total. The third-order valence-corrected chi connectivity index (χ3v) is 2.77. The number of carbonyl (C=O) groups excluding carboxylic acids is 1. The zero-order chi connectivity index (χ0) is 11.1. The summed E-state index contributed by atoms with van der Waals surface area (Å²) in [5.41, 5.74) is 0.295. The van der Waals surface area contributed by atoms with Crippen LogP contribution in [-0.4, -0.2) is 43.8 Å². The summed E-state index contributed by atoms with van der Waals surface area (Å²) in [5.74, 6) is -0.515. The molecule has 1 rings (SSSR count). The van der Waals surface area contributed by atoms with Gasteiger partial charge in [0.05, 0.1) is 23.7 Å². The first-order chi connectivity index (χ1) is 7.20. The molecule has 0 radical (unpaired) electrons. The number of nitrogens with zero attached hydrogens (tertiary/aromatic N) is 2. The second-order valence-corrected chi connectivity index (χ2v) is 4.16. The number of carbonyl (C=O) groups is 2. The standard InChI is InChI=1S/C7H9N3O3S2/c11-6(12)4-14-2-1-8-7(13)5-3-9-15-10-5/h3H,1-2,4H2,(H,8,13)(H,11,12). The maximum absolute atomic E-state index is 11.3. The Kier molecular flexibility index (Phi) is 5.05. The van der Waals surface area contributed by atoms with Gasteiger partial charge in [-0.3, -0.25) is 9.59 Å². The molecule has 0 fully saturated rings. The zero-order valence-corrected chi connectivity index (χ0v) is 9.31. The molecule has 1 amide bonds. The second kappa shape index (κ2) is 6.36. The number of hydrogen-bond donors (Lipinski definition) is 2. The average Bonchev–Trinajstić information content (AvgIpc) is 2.69. The number of aromatic nitrogens is 2. The van der Waals surface area contributed by atoms with Gasteiger partial charge in [0.25, 0.3) is 5.91 Å². The van der Waals surface area contributed by atoms with Gasteiger partial charge in [0.1, 0.15) is 0 Å². The molecule has 0 aliphatic carbocycles. The monoisotopic (exact) mass is 247 g/mol. The van der Waals surface area contributed by atoms with Crippen LogP contribution in [0.2, 0.25) is 0 Å². The van der Waals surface area contributed by atoms with Crippen LogP contribution in [0.5, 0.6) is 0 Å². The molecule has 1 heterocycles. The average molecular weight is 247 g/mol. The van der Waals surface area contributed by atoms with E-state index in [1.165, 1.54) is 18.0 Å². The number of hydrogen-bond acceptors (Lipinski definition) is 6. The lowest BCUT2D eigenvalue weighted by Gasteiger charge is -2.01. The predicted octanol–water partition coefficient (Wildman–Crippen LogP) is 0.0857. The Morgan fingerprint density at radius 2 is 2.40 bits per heavy atom. The molecule has 8 heteroatoms. The van der Waals surface area contributed by atoms with Crippen molar-refractivity contribution in [1.29, 1.82) is 0 Å². The van der Waals surface area contributed by atoms with Crippen molar-refractivity contribution < 1.29 is 14.7 Å². The van der Waals surface area contributed by atoms with E-state index in [1.54, 1.807) is 0 Å². The molecule has 1 aromatic heterocycles. The van der Waals surface area contributed by atoms with Gasteiger partial charge >= 0.3 is 5.97 Å². The van der Waals surface area contributed by atoms with Crippen LogP contribution in [0.25, 0.3) is 0 Å². The van der Waals surface area contributed by atoms with Gasteiger partial charge in [-0.2, -0.15) is 8.75 Å². The van der Waals surface area contributed by atoms with Gasteiger partial charge in [-0.05, 0) is 0 Å². The molecule has 0 aliphatic heterocycles. The molecule has 0 unspecified atom stereocenters. The fraction of sp³-hybridized carbons (Fsp3) is 0.429. The molecule has 0 aliphatic rings. The van der Waals surface area contributed by atoms with E-state index < -0.39 is 5.97 Å². The predicted molar refractivity (Wildman–Crippen MR) is 57.2 cm³/mol. The number of carboxylic acid groups (broad SMARTS) is 1. The minimum atomic E-state index is -0.852. The molecule has 0 atom stereocenters. The normalized spacial score (nSPS) is 9.87. The summed E-state index contributed by atoms with van der Waals surface area (Å²) < 4.78 is 7.46. The van der Waals surface area contributed by atoms with Gasteiger partial charge < -0.3 is 10.4 Å². The summed E-state index contributed by atoms with van der Waals surface area (Å²) in [5, 5.41) is 11.0. The first kappa shape index (κ1) is 11.9. The van der Waals surface area contributed by atoms with E-state index in [0.29, 0.717) is 18.0 Å². The Bertz CT molecular complexity index is 328. The summed E-state index contributed by atoms with van der Waals surface area (Å²) in [7, 11) is 0. The summed E-state index contributed by atoms with van der Waals surface area (Å²) in [6.45, 7) is 0.425. The molecule has 15 heavy (non-hydrogen) atoms. The van der Waals surface area contributed by atoms with E-state index in [9.17, 15) is 9.59 Å². The molecule has 0 aromatic carbocycles. The van der Waals surface area contributed by atoms with Gasteiger partial charge in [-0.1, -0.05) is 0 Å². The van der Waals surface area contributed by atoms with E-state index in [1.807, 2.05) is 0 Å². The topological polar surface area (TPSA) is 92.2 Å². The van der Waals surface area contributed by atoms with Crippen LogP contribution < -0.4 is 5.32 Å². The number of thioether (sulfide) groups is 1. The van der Waals surface area contributed by atoms with Crippen LogP contribution in [0.3, 0.4) is 0 Å². The largest absolute Gasteiger partial charge is 0.481 e. The molecular formula is C7H9N3O3S2. The zero-order valence-electron chi connectivity index (χ0n) is 7.67. The van der Waals surface area contributed by atoms with Crippen molar-refractivity contribution in [3.05, 3.63) is 11.9 Å². The number of nitrogens with one attached hydrogen (secondary N) is 1. The highest BCUT2D eigenvalue weighted by Crippen LogP contribution is 1.98. The van der Waals surface area contributed by atoms with Crippen molar-refractivity contribution in [2.24, 2.45) is 0 Å². The van der Waals surface area contributed by atoms with Crippen molar-refractivity contribution in [3.8, 4) is 0 Å². The van der Waals surface area contributed by atoms with Crippen LogP contribution in [0, 0.1) is 0 Å². The molecule has 0 saturated heterocycles. The van der Waals surface area contributed by atoms with Gasteiger partial charge in [0, 0.05) is 12.3 Å². The van der Waals surface area contributed by atoms with Crippen molar-refractivity contribution >= 4 is 35.4 Å². The lowest BCUT2D eigenvalue weighted by Crippen LogP contribution is -2.26. The number of carboxylic acids is 1. The fourth-order valence-corrected chi connectivity index (χ4v) is 1.73. The highest BCUT2D eigenvalue weighted by molar-refractivity contribution is 7.99.